The Kier molecular flexibility index (Phi) is 6.71. The summed E-state index contributed by atoms with van der Waals surface area (Å²) in [5.41, 5.74) is 1.59. The number of sulfone groups is 1. The van der Waals surface area contributed by atoms with E-state index in [4.69, 9.17) is 9.47 Å². The molecule has 29 heavy (non-hydrogen) atoms. The van der Waals surface area contributed by atoms with Gasteiger partial charge in [-0.1, -0.05) is 12.1 Å². The smallest absolute Gasteiger partial charge is 0.331 e. The van der Waals surface area contributed by atoms with Crippen molar-refractivity contribution in [1.82, 2.24) is 0 Å². The number of aliphatic carboxylic acids is 1. The van der Waals surface area contributed by atoms with E-state index in [1.165, 1.54) is 17.7 Å². The van der Waals surface area contributed by atoms with Crippen molar-refractivity contribution < 1.29 is 27.8 Å². The molecular formula is C22H24O6S. The Labute approximate surface area is 170 Å². The van der Waals surface area contributed by atoms with Crippen LogP contribution in [-0.2, 0) is 25.8 Å². The molecule has 0 aromatic heterocycles. The first-order valence-electron chi connectivity index (χ1n) is 9.54. The maximum absolute atomic E-state index is 12.4. The highest BCUT2D eigenvalue weighted by atomic mass is 32.2. The van der Waals surface area contributed by atoms with Crippen LogP contribution in [0, 0.1) is 0 Å². The van der Waals surface area contributed by atoms with Gasteiger partial charge in [-0.25, -0.2) is 13.2 Å². The minimum absolute atomic E-state index is 0.0205. The van der Waals surface area contributed by atoms with Crippen LogP contribution in [0.1, 0.15) is 30.9 Å². The Balaban J connectivity index is 1.77. The summed E-state index contributed by atoms with van der Waals surface area (Å²) in [6.07, 6.45) is 3.26. The Morgan fingerprint density at radius 1 is 1.10 bits per heavy atom. The van der Waals surface area contributed by atoms with Crippen LogP contribution in [0.2, 0.25) is 0 Å². The average molecular weight is 416 g/mol. The number of hydrogen-bond acceptors (Lipinski definition) is 5. The van der Waals surface area contributed by atoms with Crippen LogP contribution in [-0.4, -0.2) is 38.5 Å². The fraction of sp³-hybridized carbons (Fsp3) is 0.318. The van der Waals surface area contributed by atoms with E-state index >= 15 is 0 Å². The summed E-state index contributed by atoms with van der Waals surface area (Å²) in [5.74, 6) is -0.258. The van der Waals surface area contributed by atoms with Crippen molar-refractivity contribution in [2.75, 3.05) is 19.0 Å². The molecule has 0 aliphatic carbocycles. The molecule has 0 saturated heterocycles. The van der Waals surface area contributed by atoms with Crippen molar-refractivity contribution in [3.8, 4) is 11.5 Å². The van der Waals surface area contributed by atoms with Gasteiger partial charge in [0.2, 0.25) is 0 Å². The van der Waals surface area contributed by atoms with E-state index in [-0.39, 0.29) is 22.6 Å². The molecule has 0 atom stereocenters. The Morgan fingerprint density at radius 2 is 1.83 bits per heavy atom. The van der Waals surface area contributed by atoms with E-state index in [0.29, 0.717) is 17.1 Å². The first kappa shape index (κ1) is 21.1. The predicted molar refractivity (Wildman–Crippen MR) is 110 cm³/mol. The molecule has 2 aromatic rings. The number of ether oxygens (including phenoxy) is 2. The maximum atomic E-state index is 12.4. The van der Waals surface area contributed by atoms with Crippen LogP contribution in [0.25, 0.3) is 6.08 Å². The van der Waals surface area contributed by atoms with Crippen LogP contribution < -0.4 is 4.74 Å². The molecule has 0 fully saturated rings. The first-order valence-corrected chi connectivity index (χ1v) is 11.2. The molecule has 0 unspecified atom stereocenters. The van der Waals surface area contributed by atoms with Gasteiger partial charge in [0.15, 0.2) is 9.84 Å². The molecule has 154 valence electrons. The molecule has 0 saturated carbocycles. The zero-order valence-electron chi connectivity index (χ0n) is 16.3. The third kappa shape index (κ3) is 5.46. The fourth-order valence-electron chi connectivity index (χ4n) is 3.15. The summed E-state index contributed by atoms with van der Waals surface area (Å²) >= 11 is 0. The average Bonchev–Trinajstić information content (AvgIpc) is 2.82. The molecule has 7 heteroatoms. The highest BCUT2D eigenvalue weighted by Crippen LogP contribution is 2.31. The van der Waals surface area contributed by atoms with Gasteiger partial charge in [0.05, 0.1) is 10.6 Å². The minimum atomic E-state index is -3.53. The third-order valence-electron chi connectivity index (χ3n) is 4.68. The van der Waals surface area contributed by atoms with Gasteiger partial charge in [0, 0.05) is 18.8 Å². The summed E-state index contributed by atoms with van der Waals surface area (Å²) < 4.78 is 36.0. The Bertz CT molecular complexity index is 1010. The first-order chi connectivity index (χ1) is 13.9. The van der Waals surface area contributed by atoms with E-state index in [1.807, 2.05) is 31.2 Å². The summed E-state index contributed by atoms with van der Waals surface area (Å²) in [6.45, 7) is 3.43. The molecule has 0 bridgehead atoms. The third-order valence-corrected chi connectivity index (χ3v) is 6.46. The van der Waals surface area contributed by atoms with Gasteiger partial charge >= 0.3 is 5.97 Å². The van der Waals surface area contributed by atoms with E-state index in [9.17, 15) is 18.3 Å². The number of hydrogen-bond donors (Lipinski definition) is 1. The molecule has 6 nitrogen and oxygen atoms in total. The van der Waals surface area contributed by atoms with Gasteiger partial charge in [0.25, 0.3) is 0 Å². The SMILES string of the molecule is CCOCCCc1ccc(Oc2ccc3c(c2)C=C(C(=O)O)CCS3(=O)=O)cc1. The van der Waals surface area contributed by atoms with Gasteiger partial charge < -0.3 is 14.6 Å². The van der Waals surface area contributed by atoms with E-state index < -0.39 is 15.8 Å². The molecule has 1 heterocycles. The van der Waals surface area contributed by atoms with E-state index in [2.05, 4.69) is 0 Å². The van der Waals surface area contributed by atoms with Gasteiger partial charge in [-0.3, -0.25) is 0 Å². The largest absolute Gasteiger partial charge is 0.478 e. The van der Waals surface area contributed by atoms with Gasteiger partial charge in [0.1, 0.15) is 11.5 Å². The number of fused-ring (bicyclic) bond motifs is 1. The highest BCUT2D eigenvalue weighted by molar-refractivity contribution is 7.91. The van der Waals surface area contributed by atoms with Crippen molar-refractivity contribution >= 4 is 21.9 Å². The second kappa shape index (κ2) is 9.24. The summed E-state index contributed by atoms with van der Waals surface area (Å²) in [7, 11) is -3.53. The zero-order chi connectivity index (χ0) is 20.9. The van der Waals surface area contributed by atoms with Gasteiger partial charge in [-0.05, 0) is 73.7 Å². The Morgan fingerprint density at radius 3 is 2.52 bits per heavy atom. The molecule has 1 aliphatic heterocycles. The number of aryl methyl sites for hydroxylation is 1. The van der Waals surface area contributed by atoms with Gasteiger partial charge in [-0.15, -0.1) is 0 Å². The number of carbonyl (C=O) groups is 1. The lowest BCUT2D eigenvalue weighted by Gasteiger charge is -2.10. The van der Waals surface area contributed by atoms with Gasteiger partial charge in [-0.2, -0.15) is 0 Å². The van der Waals surface area contributed by atoms with Crippen LogP contribution >= 0.6 is 0 Å². The molecule has 0 amide bonds. The molecule has 3 rings (SSSR count). The topological polar surface area (TPSA) is 89.9 Å². The van der Waals surface area contributed by atoms with Crippen molar-refractivity contribution in [3.05, 3.63) is 59.2 Å². The summed E-state index contributed by atoms with van der Waals surface area (Å²) in [5, 5.41) is 9.28. The van der Waals surface area contributed by atoms with Crippen LogP contribution in [0.4, 0.5) is 0 Å². The molecule has 0 spiro atoms. The predicted octanol–water partition coefficient (Wildman–Crippen LogP) is 4.09. The zero-order valence-corrected chi connectivity index (χ0v) is 17.1. The molecule has 1 aliphatic rings. The van der Waals surface area contributed by atoms with E-state index in [1.54, 1.807) is 12.1 Å². The normalized spacial score (nSPS) is 15.1. The molecule has 2 aromatic carbocycles. The minimum Gasteiger partial charge on any atom is -0.478 e. The second-order valence-electron chi connectivity index (χ2n) is 6.79. The van der Waals surface area contributed by atoms with Crippen molar-refractivity contribution in [2.24, 2.45) is 0 Å². The summed E-state index contributed by atoms with van der Waals surface area (Å²) in [4.78, 5) is 11.5. The van der Waals surface area contributed by atoms with Crippen LogP contribution in [0.15, 0.2) is 52.9 Å². The number of carboxylic acid groups (broad SMARTS) is 1. The molecule has 0 radical (unpaired) electrons. The number of rotatable bonds is 8. The lowest BCUT2D eigenvalue weighted by molar-refractivity contribution is -0.132. The fourth-order valence-corrected chi connectivity index (χ4v) is 4.61. The standard InChI is InChI=1S/C22H24O6S/c1-2-27-12-3-4-16-5-7-19(8-6-16)28-20-9-10-21-18(15-20)14-17(22(23)24)11-13-29(21,25)26/h5-10,14-15H,2-4,11-13H2,1H3,(H,23,24). The van der Waals surface area contributed by atoms with Crippen LogP contribution in [0.5, 0.6) is 11.5 Å². The van der Waals surface area contributed by atoms with Crippen molar-refractivity contribution in [2.45, 2.75) is 31.1 Å². The highest BCUT2D eigenvalue weighted by Gasteiger charge is 2.24. The number of carboxylic acids is 1. The van der Waals surface area contributed by atoms with Crippen LogP contribution in [0.3, 0.4) is 0 Å². The lowest BCUT2D eigenvalue weighted by Crippen LogP contribution is -2.08. The van der Waals surface area contributed by atoms with Crippen molar-refractivity contribution in [1.29, 1.82) is 0 Å². The summed E-state index contributed by atoms with van der Waals surface area (Å²) in [6, 6.07) is 12.3. The maximum Gasteiger partial charge on any atom is 0.331 e. The lowest BCUT2D eigenvalue weighted by atomic mass is 10.1. The molecular weight excluding hydrogens is 392 g/mol. The Hall–Kier alpha value is -2.64. The monoisotopic (exact) mass is 416 g/mol. The molecule has 1 N–H and O–H groups in total. The van der Waals surface area contributed by atoms with E-state index in [0.717, 1.165) is 26.1 Å². The van der Waals surface area contributed by atoms with Crippen molar-refractivity contribution in [3.63, 3.8) is 0 Å². The number of benzene rings is 2. The second-order valence-corrected chi connectivity index (χ2v) is 8.87. The quantitative estimate of drug-likeness (QED) is 0.652.